The summed E-state index contributed by atoms with van der Waals surface area (Å²) < 4.78 is 11.9. The van der Waals surface area contributed by atoms with Gasteiger partial charge in [0.15, 0.2) is 11.5 Å². The highest BCUT2D eigenvalue weighted by Gasteiger charge is 2.36. The number of benzene rings is 2. The van der Waals surface area contributed by atoms with Crippen molar-refractivity contribution >= 4 is 24.0 Å². The molecule has 0 radical (unpaired) electrons. The van der Waals surface area contributed by atoms with Gasteiger partial charge in [0.2, 0.25) is 0 Å². The van der Waals surface area contributed by atoms with E-state index in [0.717, 1.165) is 47.8 Å². The highest BCUT2D eigenvalue weighted by atomic mass is 35.5. The molecule has 1 fully saturated rings. The highest BCUT2D eigenvalue weighted by molar-refractivity contribution is 6.15. The normalized spacial score (nSPS) is 19.5. The summed E-state index contributed by atoms with van der Waals surface area (Å²) in [6.45, 7) is 7.16. The second kappa shape index (κ2) is 10.6. The summed E-state index contributed by atoms with van der Waals surface area (Å²) in [7, 11) is 5.71. The first kappa shape index (κ1) is 25.1. The number of ether oxygens (including phenoxy) is 2. The average molecular weight is 472 g/mol. The van der Waals surface area contributed by atoms with Gasteiger partial charge in [-0.25, -0.2) is 0 Å². The van der Waals surface area contributed by atoms with Crippen molar-refractivity contribution in [1.29, 1.82) is 0 Å². The largest absolute Gasteiger partial charge is 0.490 e. The van der Waals surface area contributed by atoms with Gasteiger partial charge >= 0.3 is 0 Å². The van der Waals surface area contributed by atoms with Crippen LogP contribution < -0.4 is 9.47 Å². The molecule has 0 saturated carbocycles. The molecule has 0 spiro atoms. The van der Waals surface area contributed by atoms with Gasteiger partial charge in [-0.3, -0.25) is 9.79 Å². The van der Waals surface area contributed by atoms with Crippen molar-refractivity contribution in [3.63, 3.8) is 0 Å². The lowest BCUT2D eigenvalue weighted by atomic mass is 9.79. The Bertz CT molecular complexity index is 1020. The first-order chi connectivity index (χ1) is 15.4. The Kier molecular flexibility index (Phi) is 8.03. The van der Waals surface area contributed by atoms with E-state index in [1.54, 1.807) is 19.0 Å². The van der Waals surface area contributed by atoms with Crippen molar-refractivity contribution in [2.45, 2.75) is 32.2 Å². The van der Waals surface area contributed by atoms with Crippen LogP contribution in [0.5, 0.6) is 11.5 Å². The number of nitrogens with zero attached hydrogens (tertiary/aromatic N) is 3. The molecule has 33 heavy (non-hydrogen) atoms. The van der Waals surface area contributed by atoms with Crippen molar-refractivity contribution < 1.29 is 14.3 Å². The molecule has 2 aromatic rings. The SMILES string of the molecule is CCOc1cc2c(cc1OCC)[C@@H]1CN(C)CC[C@@H]1N=C2c1ccc(C(=O)N(C)C)cc1.Cl. The molecule has 0 aromatic heterocycles. The molecule has 2 heterocycles. The number of fused-ring (bicyclic) bond motifs is 3. The fraction of sp³-hybridized carbons (Fsp3) is 0.462. The minimum atomic E-state index is -0.00194. The van der Waals surface area contributed by atoms with E-state index in [0.29, 0.717) is 24.7 Å². The van der Waals surface area contributed by atoms with Crippen molar-refractivity contribution in [2.75, 3.05) is 47.4 Å². The summed E-state index contributed by atoms with van der Waals surface area (Å²) in [5, 5.41) is 0. The molecule has 1 amide bonds. The van der Waals surface area contributed by atoms with E-state index < -0.39 is 0 Å². The van der Waals surface area contributed by atoms with Gasteiger partial charge in [0.1, 0.15) is 0 Å². The second-order valence-electron chi connectivity index (χ2n) is 8.73. The maximum atomic E-state index is 12.3. The molecule has 6 nitrogen and oxygen atoms in total. The van der Waals surface area contributed by atoms with E-state index in [9.17, 15) is 4.79 Å². The Balaban J connectivity index is 0.00000306. The topological polar surface area (TPSA) is 54.4 Å². The number of piperidine rings is 1. The quantitative estimate of drug-likeness (QED) is 0.632. The van der Waals surface area contributed by atoms with E-state index in [1.807, 2.05) is 38.1 Å². The van der Waals surface area contributed by atoms with Gasteiger partial charge in [-0.15, -0.1) is 12.4 Å². The zero-order valence-electron chi connectivity index (χ0n) is 20.1. The number of rotatable bonds is 6. The van der Waals surface area contributed by atoms with Crippen molar-refractivity contribution in [3.05, 3.63) is 58.7 Å². The highest BCUT2D eigenvalue weighted by Crippen LogP contribution is 2.42. The van der Waals surface area contributed by atoms with Gasteiger partial charge in [-0.1, -0.05) is 12.1 Å². The molecule has 2 aliphatic rings. The predicted octanol–water partition coefficient (Wildman–Crippen LogP) is 4.25. The lowest BCUT2D eigenvalue weighted by molar-refractivity contribution is 0.0827. The van der Waals surface area contributed by atoms with Crippen molar-refractivity contribution in [2.24, 2.45) is 4.99 Å². The Hall–Kier alpha value is -2.57. The summed E-state index contributed by atoms with van der Waals surface area (Å²) >= 11 is 0. The van der Waals surface area contributed by atoms with Crippen LogP contribution in [0.4, 0.5) is 0 Å². The van der Waals surface area contributed by atoms with Crippen LogP contribution in [0.3, 0.4) is 0 Å². The maximum Gasteiger partial charge on any atom is 0.253 e. The molecule has 2 aromatic carbocycles. The van der Waals surface area contributed by atoms with E-state index >= 15 is 0 Å². The zero-order valence-corrected chi connectivity index (χ0v) is 20.9. The van der Waals surface area contributed by atoms with Crippen LogP contribution in [0.25, 0.3) is 0 Å². The van der Waals surface area contributed by atoms with E-state index in [2.05, 4.69) is 24.1 Å². The molecule has 7 heteroatoms. The maximum absolute atomic E-state index is 12.3. The summed E-state index contributed by atoms with van der Waals surface area (Å²) in [6.07, 6.45) is 1.03. The number of hydrogen-bond acceptors (Lipinski definition) is 5. The Morgan fingerprint density at radius 3 is 2.33 bits per heavy atom. The van der Waals surface area contributed by atoms with Crippen LogP contribution in [0, 0.1) is 0 Å². The average Bonchev–Trinajstić information content (AvgIpc) is 2.79. The number of carbonyl (C=O) groups excluding carboxylic acids is 1. The van der Waals surface area contributed by atoms with Crippen LogP contribution in [0.1, 0.15) is 53.2 Å². The molecule has 0 N–H and O–H groups in total. The first-order valence-corrected chi connectivity index (χ1v) is 11.4. The monoisotopic (exact) mass is 471 g/mol. The molecule has 1 saturated heterocycles. The molecule has 4 rings (SSSR count). The molecular formula is C26H34ClN3O3. The number of likely N-dealkylation sites (N-methyl/N-ethyl adjacent to an activating group) is 1. The zero-order chi connectivity index (χ0) is 22.8. The van der Waals surface area contributed by atoms with Gasteiger partial charge in [0.05, 0.1) is 25.0 Å². The number of halogens is 1. The standard InChI is InChI=1S/C26H33N3O3.ClH/c1-6-31-23-14-19-20(15-24(23)32-7-2)25(27-22-12-13-29(5)16-21(19)22)17-8-10-18(11-9-17)26(30)28(3)4;/h8-11,14-15,21-22H,6-7,12-13,16H2,1-5H3;1H/t21-,22-;/m0./s1. The van der Waals surface area contributed by atoms with E-state index in [1.165, 1.54) is 5.56 Å². The third kappa shape index (κ3) is 5.02. The van der Waals surface area contributed by atoms with Gasteiger partial charge in [-0.05, 0) is 63.7 Å². The molecule has 0 aliphatic carbocycles. The van der Waals surface area contributed by atoms with E-state index in [-0.39, 0.29) is 24.4 Å². The summed E-state index contributed by atoms with van der Waals surface area (Å²) in [4.78, 5) is 21.5. The first-order valence-electron chi connectivity index (χ1n) is 11.4. The minimum absolute atomic E-state index is 0. The molecule has 0 bridgehead atoms. The summed E-state index contributed by atoms with van der Waals surface area (Å²) in [6, 6.07) is 12.3. The number of carbonyl (C=O) groups is 1. The molecule has 178 valence electrons. The summed E-state index contributed by atoms with van der Waals surface area (Å²) in [5.41, 5.74) is 5.03. The van der Waals surface area contributed by atoms with Crippen LogP contribution in [-0.2, 0) is 0 Å². The third-order valence-electron chi connectivity index (χ3n) is 6.26. The van der Waals surface area contributed by atoms with Crippen molar-refractivity contribution in [3.8, 4) is 11.5 Å². The van der Waals surface area contributed by atoms with Gasteiger partial charge in [0, 0.05) is 43.2 Å². The van der Waals surface area contributed by atoms with Crippen LogP contribution in [-0.4, -0.2) is 74.9 Å². The lowest BCUT2D eigenvalue weighted by Gasteiger charge is -2.39. The predicted molar refractivity (Wildman–Crippen MR) is 135 cm³/mol. The molecule has 2 aliphatic heterocycles. The van der Waals surface area contributed by atoms with Gasteiger partial charge in [-0.2, -0.15) is 0 Å². The smallest absolute Gasteiger partial charge is 0.253 e. The van der Waals surface area contributed by atoms with Crippen LogP contribution >= 0.6 is 12.4 Å². The number of hydrogen-bond donors (Lipinski definition) is 0. The Morgan fingerprint density at radius 1 is 1.09 bits per heavy atom. The fourth-order valence-corrected chi connectivity index (χ4v) is 4.68. The second-order valence-corrected chi connectivity index (χ2v) is 8.73. The van der Waals surface area contributed by atoms with Gasteiger partial charge in [0.25, 0.3) is 5.91 Å². The van der Waals surface area contributed by atoms with Crippen LogP contribution in [0.2, 0.25) is 0 Å². The fourth-order valence-electron chi connectivity index (χ4n) is 4.68. The Labute approximate surface area is 203 Å². The number of aliphatic imine (C=N–C) groups is 1. The van der Waals surface area contributed by atoms with E-state index in [4.69, 9.17) is 14.5 Å². The van der Waals surface area contributed by atoms with Crippen molar-refractivity contribution in [1.82, 2.24) is 9.80 Å². The van der Waals surface area contributed by atoms with Gasteiger partial charge < -0.3 is 19.3 Å². The number of amides is 1. The summed E-state index contributed by atoms with van der Waals surface area (Å²) in [5.74, 6) is 1.88. The third-order valence-corrected chi connectivity index (χ3v) is 6.26. The molecule has 0 unspecified atom stereocenters. The molecular weight excluding hydrogens is 438 g/mol. The minimum Gasteiger partial charge on any atom is -0.490 e. The Morgan fingerprint density at radius 2 is 1.73 bits per heavy atom. The molecule has 2 atom stereocenters. The van der Waals surface area contributed by atoms with Crippen LogP contribution in [0.15, 0.2) is 41.4 Å². The number of likely N-dealkylation sites (tertiary alicyclic amines) is 1. The lowest BCUT2D eigenvalue weighted by Crippen LogP contribution is -2.41.